The van der Waals surface area contributed by atoms with E-state index in [1.54, 1.807) is 30.3 Å². The summed E-state index contributed by atoms with van der Waals surface area (Å²) in [6, 6.07) is 17.4. The van der Waals surface area contributed by atoms with Crippen LogP contribution in [0.1, 0.15) is 17.0 Å². The maximum Gasteiger partial charge on any atom is 0.327 e. The smallest absolute Gasteiger partial charge is 0.327 e. The number of hydrogen-bond acceptors (Lipinski definition) is 3. The van der Waals surface area contributed by atoms with Crippen molar-refractivity contribution in [3.8, 4) is 11.1 Å². The highest BCUT2D eigenvalue weighted by atomic mass is 35.5. The molecule has 1 atom stereocenters. The van der Waals surface area contributed by atoms with Gasteiger partial charge in [0.15, 0.2) is 5.76 Å². The molecule has 0 aromatic heterocycles. The number of carbonyl (C=O) groups excluding carboxylic acids is 2. The fraction of sp³-hybridized carbons (Fsp3) is 0.0435. The molecule has 1 aliphatic rings. The van der Waals surface area contributed by atoms with E-state index < -0.39 is 17.7 Å². The predicted octanol–water partition coefficient (Wildman–Crippen LogP) is 7.22. The summed E-state index contributed by atoms with van der Waals surface area (Å²) in [5.74, 6) is -2.17. The van der Waals surface area contributed by atoms with E-state index in [4.69, 9.17) is 51.1 Å². The molecule has 3 nitrogen and oxygen atoms in total. The fourth-order valence-electron chi connectivity index (χ4n) is 3.18. The topological polar surface area (TPSA) is 43.4 Å². The lowest BCUT2D eigenvalue weighted by Gasteiger charge is -2.06. The highest BCUT2D eigenvalue weighted by Gasteiger charge is 2.41. The Kier molecular flexibility index (Phi) is 5.90. The summed E-state index contributed by atoms with van der Waals surface area (Å²) >= 11 is 24.0. The Hall–Kier alpha value is -2.30. The average molecular weight is 478 g/mol. The summed E-state index contributed by atoms with van der Waals surface area (Å²) in [6.07, 6.45) is 1.54. The number of cyclic esters (lactones) is 1. The van der Waals surface area contributed by atoms with Crippen LogP contribution in [0.5, 0.6) is 0 Å². The van der Waals surface area contributed by atoms with E-state index in [0.29, 0.717) is 26.2 Å². The van der Waals surface area contributed by atoms with Crippen LogP contribution in [-0.2, 0) is 14.3 Å². The summed E-state index contributed by atoms with van der Waals surface area (Å²) in [6.45, 7) is 0. The first-order chi connectivity index (χ1) is 14.3. The molecule has 3 aromatic carbocycles. The van der Waals surface area contributed by atoms with E-state index in [2.05, 4.69) is 0 Å². The van der Waals surface area contributed by atoms with Gasteiger partial charge in [0.05, 0.1) is 20.1 Å². The van der Waals surface area contributed by atoms with Crippen LogP contribution in [-0.4, -0.2) is 11.8 Å². The molecule has 0 amide bonds. The molecular formula is C23H12Cl4O3. The Morgan fingerprint density at radius 2 is 1.40 bits per heavy atom. The number of halogens is 4. The van der Waals surface area contributed by atoms with Crippen LogP contribution in [0.2, 0.25) is 20.1 Å². The van der Waals surface area contributed by atoms with E-state index >= 15 is 0 Å². The minimum Gasteiger partial charge on any atom is -0.422 e. The summed E-state index contributed by atoms with van der Waals surface area (Å²) in [5.41, 5.74) is 2.88. The van der Waals surface area contributed by atoms with Crippen LogP contribution in [0.25, 0.3) is 17.2 Å². The van der Waals surface area contributed by atoms with Gasteiger partial charge in [0, 0.05) is 0 Å². The van der Waals surface area contributed by atoms with Crippen molar-refractivity contribution in [2.45, 2.75) is 5.92 Å². The van der Waals surface area contributed by atoms with Gasteiger partial charge < -0.3 is 4.74 Å². The third-order valence-corrected chi connectivity index (χ3v) is 6.14. The first-order valence-electron chi connectivity index (χ1n) is 8.81. The monoisotopic (exact) mass is 476 g/mol. The second kappa shape index (κ2) is 8.44. The second-order valence-corrected chi connectivity index (χ2v) is 8.28. The van der Waals surface area contributed by atoms with Crippen LogP contribution in [0.3, 0.4) is 0 Å². The number of ether oxygens (including phenoxy) is 1. The number of esters is 1. The first-order valence-corrected chi connectivity index (χ1v) is 10.3. The van der Waals surface area contributed by atoms with Crippen molar-refractivity contribution in [2.24, 2.45) is 0 Å². The van der Waals surface area contributed by atoms with Gasteiger partial charge in [-0.2, -0.15) is 0 Å². The molecule has 0 saturated carbocycles. The van der Waals surface area contributed by atoms with Crippen molar-refractivity contribution >= 4 is 64.2 Å². The Balaban J connectivity index is 1.65. The molecule has 7 heteroatoms. The largest absolute Gasteiger partial charge is 0.422 e. The summed E-state index contributed by atoms with van der Waals surface area (Å²) in [7, 11) is 0. The number of hydrogen-bond donors (Lipinski definition) is 0. The molecule has 1 aliphatic heterocycles. The predicted molar refractivity (Wildman–Crippen MR) is 120 cm³/mol. The van der Waals surface area contributed by atoms with Crippen LogP contribution in [0.15, 0.2) is 66.4 Å². The van der Waals surface area contributed by atoms with Gasteiger partial charge in [-0.15, -0.1) is 0 Å². The molecule has 0 radical (unpaired) electrons. The molecule has 150 valence electrons. The first kappa shape index (κ1) is 21.0. The van der Waals surface area contributed by atoms with Crippen LogP contribution in [0.4, 0.5) is 0 Å². The van der Waals surface area contributed by atoms with E-state index in [9.17, 15) is 9.59 Å². The number of ketones is 1. The number of Topliss-reactive ketones (excluding diaryl/α,β-unsaturated/α-hetero) is 1. The Morgan fingerprint density at radius 3 is 2.10 bits per heavy atom. The third kappa shape index (κ3) is 4.12. The van der Waals surface area contributed by atoms with Crippen LogP contribution < -0.4 is 0 Å². The molecule has 1 unspecified atom stereocenters. The van der Waals surface area contributed by atoms with Crippen molar-refractivity contribution in [1.82, 2.24) is 0 Å². The minimum absolute atomic E-state index is 0.0256. The van der Waals surface area contributed by atoms with Gasteiger partial charge in [-0.05, 0) is 58.7 Å². The van der Waals surface area contributed by atoms with Crippen molar-refractivity contribution in [3.63, 3.8) is 0 Å². The molecule has 1 heterocycles. The van der Waals surface area contributed by atoms with Gasteiger partial charge in [-0.25, -0.2) is 0 Å². The zero-order valence-electron chi connectivity index (χ0n) is 15.2. The van der Waals surface area contributed by atoms with Gasteiger partial charge in [-0.1, -0.05) is 76.7 Å². The molecule has 0 spiro atoms. The van der Waals surface area contributed by atoms with E-state index in [1.165, 1.54) is 6.07 Å². The summed E-state index contributed by atoms with van der Waals surface area (Å²) in [5, 5.41) is 1.52. The highest BCUT2D eigenvalue weighted by molar-refractivity contribution is 6.42. The van der Waals surface area contributed by atoms with E-state index in [-0.39, 0.29) is 10.8 Å². The molecule has 1 saturated heterocycles. The van der Waals surface area contributed by atoms with E-state index in [1.807, 2.05) is 30.3 Å². The van der Waals surface area contributed by atoms with Crippen LogP contribution in [0, 0.1) is 0 Å². The lowest BCUT2D eigenvalue weighted by Crippen LogP contribution is -2.12. The molecular weight excluding hydrogens is 466 g/mol. The van der Waals surface area contributed by atoms with Gasteiger partial charge in [-0.3, -0.25) is 9.59 Å². The SMILES string of the molecule is O=C1O/C(=C\c2cccc(-c3ccc(Cl)c(Cl)c3)c2)C(=O)C1c1ccc(Cl)c(Cl)c1. The molecule has 0 N–H and O–H groups in total. The average Bonchev–Trinajstić information content (AvgIpc) is 2.99. The highest BCUT2D eigenvalue weighted by Crippen LogP contribution is 2.35. The maximum atomic E-state index is 12.8. The standard InChI is InChI=1S/C23H12Cl4O3/c24-16-6-4-14(10-18(16)26)13-3-1-2-12(8-13)9-20-22(28)21(23(29)30-20)15-5-7-17(25)19(27)11-15/h1-11,21H/b20-9-. The van der Waals surface area contributed by atoms with E-state index in [0.717, 1.165) is 11.1 Å². The molecule has 4 rings (SSSR count). The summed E-state index contributed by atoms with van der Waals surface area (Å²) in [4.78, 5) is 25.2. The molecule has 3 aromatic rings. The zero-order chi connectivity index (χ0) is 21.4. The van der Waals surface area contributed by atoms with Gasteiger partial charge in [0.25, 0.3) is 0 Å². The molecule has 1 fully saturated rings. The number of benzene rings is 3. The molecule has 0 aliphatic carbocycles. The summed E-state index contributed by atoms with van der Waals surface area (Å²) < 4.78 is 5.25. The Bertz CT molecular complexity index is 1220. The Morgan fingerprint density at radius 1 is 0.733 bits per heavy atom. The fourth-order valence-corrected chi connectivity index (χ4v) is 3.79. The second-order valence-electron chi connectivity index (χ2n) is 6.65. The van der Waals surface area contributed by atoms with Crippen molar-refractivity contribution in [2.75, 3.05) is 0 Å². The zero-order valence-corrected chi connectivity index (χ0v) is 18.2. The third-order valence-electron chi connectivity index (χ3n) is 4.67. The van der Waals surface area contributed by atoms with Gasteiger partial charge in [0.1, 0.15) is 5.92 Å². The van der Waals surface area contributed by atoms with Crippen LogP contribution >= 0.6 is 46.4 Å². The number of rotatable bonds is 3. The quantitative estimate of drug-likeness (QED) is 0.227. The normalized spacial score (nSPS) is 17.5. The number of allylic oxidation sites excluding steroid dienone is 1. The van der Waals surface area contributed by atoms with Crippen molar-refractivity contribution in [1.29, 1.82) is 0 Å². The molecule has 30 heavy (non-hydrogen) atoms. The maximum absolute atomic E-state index is 12.8. The minimum atomic E-state index is -1.07. The van der Waals surface area contributed by atoms with Gasteiger partial charge in [0.2, 0.25) is 5.78 Å². The van der Waals surface area contributed by atoms with Gasteiger partial charge >= 0.3 is 5.97 Å². The Labute approximate surface area is 192 Å². The van der Waals surface area contributed by atoms with Crippen molar-refractivity contribution in [3.05, 3.63) is 97.6 Å². The molecule has 0 bridgehead atoms. The lowest BCUT2D eigenvalue weighted by molar-refractivity contribution is -0.136. The van der Waals surface area contributed by atoms with Crippen molar-refractivity contribution < 1.29 is 14.3 Å². The number of carbonyl (C=O) groups is 2. The lowest BCUT2D eigenvalue weighted by atomic mass is 9.95.